The van der Waals surface area contributed by atoms with Gasteiger partial charge in [-0.2, -0.15) is 4.39 Å². The molecule has 0 radical (unpaired) electrons. The van der Waals surface area contributed by atoms with Gasteiger partial charge in [-0.05, 0) is 68.2 Å². The normalized spacial score (nSPS) is 24.1. The summed E-state index contributed by atoms with van der Waals surface area (Å²) in [5.41, 5.74) is 9.89. The number of amides is 1. The molecule has 33 heavy (non-hydrogen) atoms. The molecular formula is C25H28FN5O2. The van der Waals surface area contributed by atoms with E-state index in [1.165, 1.54) is 6.07 Å². The highest BCUT2D eigenvalue weighted by Crippen LogP contribution is 2.39. The van der Waals surface area contributed by atoms with Crippen LogP contribution in [0.15, 0.2) is 24.3 Å². The number of halogens is 1. The third-order valence-corrected chi connectivity index (χ3v) is 7.68. The van der Waals surface area contributed by atoms with Crippen LogP contribution in [0.5, 0.6) is 5.75 Å². The van der Waals surface area contributed by atoms with Crippen LogP contribution in [0.25, 0.3) is 22.4 Å². The number of pyridine rings is 1. The number of likely N-dealkylation sites (tertiary alicyclic amines) is 1. The maximum atomic E-state index is 13.9. The molecule has 0 spiro atoms. The summed E-state index contributed by atoms with van der Waals surface area (Å²) in [7, 11) is 3.51. The van der Waals surface area contributed by atoms with Crippen molar-refractivity contribution in [2.45, 2.75) is 44.2 Å². The SMILES string of the molecule is COc1cc(C(=O)N2C[C@H]3CC[C@@H]2[C@@H]3N)cc2nc(-c3ccc(F)nc3CC3CC3)n(C)c12. The summed E-state index contributed by atoms with van der Waals surface area (Å²) in [6.07, 6.45) is 5.11. The largest absolute Gasteiger partial charge is 0.494 e. The first-order chi connectivity index (χ1) is 15.9. The number of nitrogens with zero attached hydrogens (tertiary/aromatic N) is 4. The molecular weight excluding hydrogens is 421 g/mol. The van der Waals surface area contributed by atoms with E-state index in [1.807, 2.05) is 22.6 Å². The number of rotatable bonds is 5. The number of nitrogens with two attached hydrogens (primary N) is 1. The second-order valence-electron chi connectivity index (χ2n) is 9.76. The first-order valence-electron chi connectivity index (χ1n) is 11.7. The molecule has 2 saturated carbocycles. The molecule has 0 unspecified atom stereocenters. The van der Waals surface area contributed by atoms with Gasteiger partial charge in [0.15, 0.2) is 0 Å². The van der Waals surface area contributed by atoms with Gasteiger partial charge in [-0.3, -0.25) is 4.79 Å². The molecule has 7 nitrogen and oxygen atoms in total. The van der Waals surface area contributed by atoms with Crippen molar-refractivity contribution in [2.24, 2.45) is 24.6 Å². The molecule has 3 atom stereocenters. The maximum Gasteiger partial charge on any atom is 0.254 e. The van der Waals surface area contributed by atoms with Gasteiger partial charge in [0.1, 0.15) is 17.1 Å². The van der Waals surface area contributed by atoms with Crippen molar-refractivity contribution in [3.63, 3.8) is 0 Å². The number of imidazole rings is 1. The number of piperidine rings is 1. The van der Waals surface area contributed by atoms with Crippen molar-refractivity contribution in [2.75, 3.05) is 13.7 Å². The van der Waals surface area contributed by atoms with E-state index in [2.05, 4.69) is 4.98 Å². The van der Waals surface area contributed by atoms with Gasteiger partial charge in [-0.1, -0.05) is 0 Å². The van der Waals surface area contributed by atoms with E-state index in [0.29, 0.717) is 41.0 Å². The fourth-order valence-corrected chi connectivity index (χ4v) is 5.71. The summed E-state index contributed by atoms with van der Waals surface area (Å²) in [5.74, 6) is 1.73. The van der Waals surface area contributed by atoms with Gasteiger partial charge >= 0.3 is 0 Å². The summed E-state index contributed by atoms with van der Waals surface area (Å²) in [5, 5.41) is 0. The highest BCUT2D eigenvalue weighted by atomic mass is 19.1. The second-order valence-corrected chi connectivity index (χ2v) is 9.76. The van der Waals surface area contributed by atoms with Crippen molar-refractivity contribution in [3.05, 3.63) is 41.5 Å². The maximum absolute atomic E-state index is 13.9. The Morgan fingerprint density at radius 2 is 2.03 bits per heavy atom. The molecule has 2 aromatic heterocycles. The Balaban J connectivity index is 1.43. The van der Waals surface area contributed by atoms with Crippen LogP contribution in [-0.2, 0) is 13.5 Å². The Hall–Kier alpha value is -3.00. The number of aryl methyl sites for hydroxylation is 1. The number of methoxy groups -OCH3 is 1. The molecule has 1 aromatic carbocycles. The van der Waals surface area contributed by atoms with Gasteiger partial charge in [0.05, 0.1) is 18.3 Å². The highest BCUT2D eigenvalue weighted by Gasteiger charge is 2.47. The van der Waals surface area contributed by atoms with Gasteiger partial charge in [0.2, 0.25) is 5.95 Å². The van der Waals surface area contributed by atoms with Crippen LogP contribution in [0.3, 0.4) is 0 Å². The molecule has 2 aliphatic carbocycles. The van der Waals surface area contributed by atoms with Gasteiger partial charge in [-0.15, -0.1) is 0 Å². The summed E-state index contributed by atoms with van der Waals surface area (Å²) in [6, 6.07) is 6.93. The highest BCUT2D eigenvalue weighted by molar-refractivity contribution is 6.00. The quantitative estimate of drug-likeness (QED) is 0.604. The Kier molecular flexibility index (Phi) is 4.69. The number of hydrogen-bond acceptors (Lipinski definition) is 5. The lowest BCUT2D eigenvalue weighted by Gasteiger charge is -2.27. The van der Waals surface area contributed by atoms with Crippen LogP contribution in [0.4, 0.5) is 4.39 Å². The third kappa shape index (κ3) is 3.30. The second kappa shape index (κ2) is 7.52. The molecule has 2 N–H and O–H groups in total. The Bertz CT molecular complexity index is 1270. The van der Waals surface area contributed by atoms with Crippen molar-refractivity contribution >= 4 is 16.9 Å². The van der Waals surface area contributed by atoms with Crippen molar-refractivity contribution in [1.82, 2.24) is 19.4 Å². The predicted octanol–water partition coefficient (Wildman–Crippen LogP) is 3.30. The van der Waals surface area contributed by atoms with Crippen molar-refractivity contribution < 1.29 is 13.9 Å². The Morgan fingerprint density at radius 3 is 2.70 bits per heavy atom. The van der Waals surface area contributed by atoms with Gasteiger partial charge < -0.3 is 19.9 Å². The zero-order valence-corrected chi connectivity index (χ0v) is 18.9. The molecule has 1 saturated heterocycles. The van der Waals surface area contributed by atoms with Gasteiger partial charge in [0, 0.05) is 36.8 Å². The number of ether oxygens (including phenoxy) is 1. The molecule has 172 valence electrons. The first-order valence-corrected chi connectivity index (χ1v) is 11.7. The summed E-state index contributed by atoms with van der Waals surface area (Å²) in [4.78, 5) is 24.4. The lowest BCUT2D eigenvalue weighted by atomic mass is 10.1. The number of hydrogen-bond donors (Lipinski definition) is 1. The predicted molar refractivity (Wildman–Crippen MR) is 122 cm³/mol. The lowest BCUT2D eigenvalue weighted by Crippen LogP contribution is -2.41. The minimum absolute atomic E-state index is 0.0251. The van der Waals surface area contributed by atoms with Crippen molar-refractivity contribution in [3.8, 4) is 17.1 Å². The van der Waals surface area contributed by atoms with E-state index < -0.39 is 5.95 Å². The van der Waals surface area contributed by atoms with Gasteiger partial charge in [0.25, 0.3) is 5.91 Å². The fraction of sp³-hybridized carbons (Fsp3) is 0.480. The number of carbonyl (C=O) groups excluding carboxylic acids is 1. The summed E-state index contributed by atoms with van der Waals surface area (Å²) < 4.78 is 21.6. The smallest absolute Gasteiger partial charge is 0.254 e. The Labute approximate surface area is 191 Å². The minimum Gasteiger partial charge on any atom is -0.494 e. The van der Waals surface area contributed by atoms with E-state index in [1.54, 1.807) is 19.2 Å². The Morgan fingerprint density at radius 1 is 1.21 bits per heavy atom. The lowest BCUT2D eigenvalue weighted by molar-refractivity contribution is 0.0700. The van der Waals surface area contributed by atoms with Crippen LogP contribution in [-0.4, -0.2) is 51.1 Å². The van der Waals surface area contributed by atoms with E-state index in [0.717, 1.165) is 48.9 Å². The molecule has 3 aliphatic rings. The zero-order valence-electron chi connectivity index (χ0n) is 18.9. The summed E-state index contributed by atoms with van der Waals surface area (Å²) in [6.45, 7) is 0.713. The summed E-state index contributed by atoms with van der Waals surface area (Å²) >= 11 is 0. The van der Waals surface area contributed by atoms with Crippen LogP contribution in [0.1, 0.15) is 41.7 Å². The topological polar surface area (TPSA) is 86.3 Å². The number of aromatic nitrogens is 3. The standard InChI is InChI=1S/C25H28FN5O2/c1-30-23-18(29-24(30)16-6-8-21(26)28-17(16)9-13-3-4-13)10-15(11-20(23)33-2)25(32)31-12-14-5-7-19(31)22(14)27/h6,8,10-11,13-14,19,22H,3-5,7,9,12,27H2,1-2H3/t14-,19-,22-/m1/s1. The average molecular weight is 450 g/mol. The first kappa shape index (κ1) is 20.6. The van der Waals surface area contributed by atoms with Crippen LogP contribution in [0, 0.1) is 17.8 Å². The molecule has 1 aliphatic heterocycles. The van der Waals surface area contributed by atoms with E-state index in [-0.39, 0.29) is 18.0 Å². The molecule has 3 aromatic rings. The van der Waals surface area contributed by atoms with Crippen LogP contribution >= 0.6 is 0 Å². The molecule has 8 heteroatoms. The fourth-order valence-electron chi connectivity index (χ4n) is 5.71. The monoisotopic (exact) mass is 449 g/mol. The van der Waals surface area contributed by atoms with E-state index in [9.17, 15) is 9.18 Å². The van der Waals surface area contributed by atoms with E-state index in [4.69, 9.17) is 15.5 Å². The molecule has 3 heterocycles. The number of carbonyl (C=O) groups is 1. The van der Waals surface area contributed by atoms with Crippen LogP contribution in [0.2, 0.25) is 0 Å². The molecule has 6 rings (SSSR count). The van der Waals surface area contributed by atoms with Crippen molar-refractivity contribution in [1.29, 1.82) is 0 Å². The number of fused-ring (bicyclic) bond motifs is 3. The zero-order chi connectivity index (χ0) is 22.9. The van der Waals surface area contributed by atoms with E-state index >= 15 is 0 Å². The molecule has 2 bridgehead atoms. The number of benzene rings is 1. The van der Waals surface area contributed by atoms with Gasteiger partial charge in [-0.25, -0.2) is 9.97 Å². The third-order valence-electron chi connectivity index (χ3n) is 7.68. The minimum atomic E-state index is -0.475. The van der Waals surface area contributed by atoms with Crippen LogP contribution < -0.4 is 10.5 Å². The molecule has 1 amide bonds. The molecule has 3 fully saturated rings. The average Bonchev–Trinajstić information content (AvgIpc) is 3.39.